The number of benzene rings is 2. The van der Waals surface area contributed by atoms with Gasteiger partial charge in [-0.15, -0.1) is 0 Å². The predicted molar refractivity (Wildman–Crippen MR) is 190 cm³/mol. The van der Waals surface area contributed by atoms with Crippen LogP contribution in [0, 0.1) is 11.8 Å². The molecular formula is C35H46Br2N6O4. The second-order valence-electron chi connectivity index (χ2n) is 13.6. The van der Waals surface area contributed by atoms with Crippen molar-refractivity contribution in [2.45, 2.75) is 63.5 Å². The van der Waals surface area contributed by atoms with E-state index in [4.69, 9.17) is 10.5 Å². The minimum atomic E-state index is -0.947. The van der Waals surface area contributed by atoms with Crippen LogP contribution in [0.1, 0.15) is 49.7 Å². The Balaban J connectivity index is 1.08. The molecule has 4 aliphatic rings. The normalized spacial score (nSPS) is 21.2. The summed E-state index contributed by atoms with van der Waals surface area (Å²) in [6.45, 7) is 5.22. The minimum Gasteiger partial charge on any atom is -0.436 e. The number of rotatable bonds is 6. The van der Waals surface area contributed by atoms with Crippen molar-refractivity contribution in [3.05, 3.63) is 56.5 Å². The minimum absolute atomic E-state index is 0.0288. The summed E-state index contributed by atoms with van der Waals surface area (Å²) in [7, 11) is 2.19. The van der Waals surface area contributed by atoms with E-state index in [0.717, 1.165) is 64.0 Å². The van der Waals surface area contributed by atoms with Crippen molar-refractivity contribution in [1.82, 2.24) is 19.6 Å². The fourth-order valence-corrected chi connectivity index (χ4v) is 9.02. The lowest BCUT2D eigenvalue weighted by molar-refractivity contribution is -0.142. The number of likely N-dealkylation sites (tertiary alicyclic amines) is 3. The number of fused-ring (bicyclic) bond motifs is 1. The van der Waals surface area contributed by atoms with Crippen LogP contribution < -0.4 is 11.1 Å². The Morgan fingerprint density at radius 1 is 0.894 bits per heavy atom. The summed E-state index contributed by atoms with van der Waals surface area (Å²) in [5.74, 6) is 1.22. The number of piperidine rings is 3. The number of carbonyl (C=O) groups excluding carboxylic acids is 3. The number of para-hydroxylation sites is 1. The van der Waals surface area contributed by atoms with E-state index in [9.17, 15) is 14.4 Å². The summed E-state index contributed by atoms with van der Waals surface area (Å²) in [4.78, 5) is 48.6. The number of urea groups is 1. The topological polar surface area (TPSA) is 111 Å². The molecule has 47 heavy (non-hydrogen) atoms. The molecule has 3 fully saturated rings. The molecule has 10 nitrogen and oxygen atoms in total. The second-order valence-corrected chi connectivity index (χ2v) is 15.3. The van der Waals surface area contributed by atoms with E-state index in [0.29, 0.717) is 57.2 Å². The first-order valence-electron chi connectivity index (χ1n) is 17.0. The van der Waals surface area contributed by atoms with Crippen molar-refractivity contribution in [1.29, 1.82) is 0 Å². The summed E-state index contributed by atoms with van der Waals surface area (Å²) >= 11 is 7.03. The second kappa shape index (κ2) is 15.2. The first-order valence-corrected chi connectivity index (χ1v) is 18.6. The molecule has 4 heterocycles. The molecule has 0 aliphatic carbocycles. The highest BCUT2D eigenvalue weighted by molar-refractivity contribution is 9.11. The number of nitrogens with two attached hydrogens (primary N) is 1. The summed E-state index contributed by atoms with van der Waals surface area (Å²) in [5.41, 5.74) is 9.55. The van der Waals surface area contributed by atoms with Gasteiger partial charge in [-0.05, 0) is 138 Å². The smallest absolute Gasteiger partial charge is 0.410 e. The standard InChI is InChI=1S/C35H46Br2N6O4/c1-40-13-6-24(7-14-40)25-8-15-41(16-9-25)33(44)31(22-23-20-28(36)32(38)29(37)21-23)47-35(46)42-17-11-27(12-18-42)43-19-10-26-4-2-3-5-30(26)39-34(43)45/h2-5,20-21,24-25,27,31H,6-19,22,38H2,1H3,(H,39,45)/t31-/m1/s1. The molecular weight excluding hydrogens is 728 g/mol. The molecule has 0 radical (unpaired) electrons. The van der Waals surface area contributed by atoms with E-state index in [-0.39, 0.29) is 24.4 Å². The monoisotopic (exact) mass is 772 g/mol. The van der Waals surface area contributed by atoms with Crippen molar-refractivity contribution in [3.63, 3.8) is 0 Å². The van der Waals surface area contributed by atoms with Gasteiger partial charge in [0.1, 0.15) is 0 Å². The molecule has 2 aromatic rings. The Morgan fingerprint density at radius 3 is 2.15 bits per heavy atom. The number of hydrogen-bond donors (Lipinski definition) is 2. The van der Waals surface area contributed by atoms with Crippen LogP contribution in [0.2, 0.25) is 0 Å². The van der Waals surface area contributed by atoms with Gasteiger partial charge in [0.15, 0.2) is 6.10 Å². The number of nitrogens with zero attached hydrogens (tertiary/aromatic N) is 4. The zero-order chi connectivity index (χ0) is 33.1. The van der Waals surface area contributed by atoms with Crippen molar-refractivity contribution >= 4 is 61.3 Å². The first kappa shape index (κ1) is 34.0. The lowest BCUT2D eigenvalue weighted by atomic mass is 9.79. The fourth-order valence-electron chi connectivity index (χ4n) is 7.74. The van der Waals surface area contributed by atoms with Gasteiger partial charge in [-0.1, -0.05) is 18.2 Å². The van der Waals surface area contributed by atoms with Gasteiger partial charge in [0.25, 0.3) is 5.91 Å². The highest BCUT2D eigenvalue weighted by Crippen LogP contribution is 2.34. The zero-order valence-corrected chi connectivity index (χ0v) is 30.3. The fraction of sp³-hybridized carbons (Fsp3) is 0.571. The molecule has 0 unspecified atom stereocenters. The molecule has 2 aromatic carbocycles. The van der Waals surface area contributed by atoms with E-state index < -0.39 is 12.2 Å². The van der Waals surface area contributed by atoms with Crippen LogP contribution in [0.15, 0.2) is 45.3 Å². The quantitative estimate of drug-likeness (QED) is 0.350. The van der Waals surface area contributed by atoms with Gasteiger partial charge in [0, 0.05) is 59.8 Å². The van der Waals surface area contributed by atoms with Crippen molar-refractivity contribution in [2.75, 3.05) is 63.9 Å². The van der Waals surface area contributed by atoms with Crippen LogP contribution in [0.4, 0.5) is 21.0 Å². The maximum absolute atomic E-state index is 14.0. The van der Waals surface area contributed by atoms with Gasteiger partial charge in [-0.2, -0.15) is 0 Å². The molecule has 0 bridgehead atoms. The van der Waals surface area contributed by atoms with Crippen molar-refractivity contribution < 1.29 is 19.1 Å². The predicted octanol–water partition coefficient (Wildman–Crippen LogP) is 5.98. The van der Waals surface area contributed by atoms with Crippen LogP contribution in [0.5, 0.6) is 0 Å². The number of amides is 4. The van der Waals surface area contributed by atoms with Crippen molar-refractivity contribution in [2.24, 2.45) is 11.8 Å². The van der Waals surface area contributed by atoms with Crippen LogP contribution in [0.3, 0.4) is 0 Å². The molecule has 12 heteroatoms. The Hall–Kier alpha value is -2.83. The number of ether oxygens (including phenoxy) is 1. The van der Waals surface area contributed by atoms with Crippen LogP contribution in [0.25, 0.3) is 0 Å². The summed E-state index contributed by atoms with van der Waals surface area (Å²) in [6, 6.07) is 11.6. The lowest BCUT2D eigenvalue weighted by Gasteiger charge is -2.40. The van der Waals surface area contributed by atoms with Gasteiger partial charge >= 0.3 is 12.1 Å². The molecule has 4 amide bonds. The molecule has 3 N–H and O–H groups in total. The first-order chi connectivity index (χ1) is 22.7. The van der Waals surface area contributed by atoms with E-state index in [1.54, 1.807) is 4.90 Å². The largest absolute Gasteiger partial charge is 0.436 e. The number of nitrogens with one attached hydrogen (secondary N) is 1. The number of anilines is 2. The van der Waals surface area contributed by atoms with Gasteiger partial charge in [0.2, 0.25) is 0 Å². The Morgan fingerprint density at radius 2 is 1.49 bits per heavy atom. The van der Waals surface area contributed by atoms with Crippen molar-refractivity contribution in [3.8, 4) is 0 Å². The van der Waals surface area contributed by atoms with E-state index in [1.165, 1.54) is 12.8 Å². The SMILES string of the molecule is CN1CCC(C2CCN(C(=O)[C@@H](Cc3cc(Br)c(N)c(Br)c3)OC(=O)N3CCC(N4CCc5ccccc5NC4=O)CC3)CC2)CC1. The van der Waals surface area contributed by atoms with Crippen LogP contribution >= 0.6 is 31.9 Å². The van der Waals surface area contributed by atoms with E-state index >= 15 is 0 Å². The highest BCUT2D eigenvalue weighted by atomic mass is 79.9. The molecule has 4 aliphatic heterocycles. The van der Waals surface area contributed by atoms with Gasteiger partial charge in [-0.3, -0.25) is 4.79 Å². The summed E-state index contributed by atoms with van der Waals surface area (Å²) < 4.78 is 7.52. The summed E-state index contributed by atoms with van der Waals surface area (Å²) in [5, 5.41) is 3.05. The zero-order valence-electron chi connectivity index (χ0n) is 27.1. The van der Waals surface area contributed by atoms with Gasteiger partial charge < -0.3 is 35.4 Å². The Bertz CT molecular complexity index is 1430. The molecule has 6 rings (SSSR count). The number of halogens is 2. The molecule has 3 saturated heterocycles. The Kier molecular flexibility index (Phi) is 11.0. The maximum Gasteiger partial charge on any atom is 0.410 e. The number of hydrogen-bond acceptors (Lipinski definition) is 6. The molecule has 254 valence electrons. The summed E-state index contributed by atoms with van der Waals surface area (Å²) in [6.07, 6.45) is 5.34. The third-order valence-corrected chi connectivity index (χ3v) is 12.0. The van der Waals surface area contributed by atoms with Gasteiger partial charge in [0.05, 0.1) is 5.69 Å². The van der Waals surface area contributed by atoms with E-state index in [2.05, 4.69) is 55.2 Å². The van der Waals surface area contributed by atoms with Crippen LogP contribution in [-0.2, 0) is 22.4 Å². The third-order valence-electron chi connectivity index (χ3n) is 10.7. The van der Waals surface area contributed by atoms with E-state index in [1.807, 2.05) is 40.1 Å². The molecule has 0 saturated carbocycles. The molecule has 1 atom stereocenters. The Labute approximate surface area is 294 Å². The molecule has 0 aromatic heterocycles. The average Bonchev–Trinajstić information content (AvgIpc) is 3.25. The number of nitrogen functional groups attached to an aromatic ring is 1. The molecule has 0 spiro atoms. The maximum atomic E-state index is 14.0. The average molecular weight is 775 g/mol. The van der Waals surface area contributed by atoms with Crippen LogP contribution in [-0.4, -0.2) is 103 Å². The highest BCUT2D eigenvalue weighted by Gasteiger charge is 2.37. The number of carbonyl (C=O) groups is 3. The third kappa shape index (κ3) is 8.08. The lowest BCUT2D eigenvalue weighted by Crippen LogP contribution is -2.52. The van der Waals surface area contributed by atoms with Gasteiger partial charge in [-0.25, -0.2) is 9.59 Å².